The summed E-state index contributed by atoms with van der Waals surface area (Å²) in [7, 11) is -8.51. The van der Waals surface area contributed by atoms with Gasteiger partial charge in [-0.05, 0) is 62.4 Å². The molecule has 8 N–H and O–H groups in total. The van der Waals surface area contributed by atoms with Crippen molar-refractivity contribution < 1.29 is 46.2 Å². The topological polar surface area (TPSA) is 254 Å². The van der Waals surface area contributed by atoms with Crippen molar-refractivity contribution in [1.29, 1.82) is 0 Å². The molecule has 2 aromatic carbocycles. The maximum absolute atomic E-state index is 12.8. The summed E-state index contributed by atoms with van der Waals surface area (Å²) in [5, 5.41) is 32.1. The molecule has 0 aromatic heterocycles. The van der Waals surface area contributed by atoms with Crippen molar-refractivity contribution in [1.82, 2.24) is 14.9 Å². The van der Waals surface area contributed by atoms with Gasteiger partial charge in [-0.3, -0.25) is 19.7 Å². The van der Waals surface area contributed by atoms with E-state index < -0.39 is 77.9 Å². The lowest BCUT2D eigenvalue weighted by atomic mass is 10.0. The Morgan fingerprint density at radius 2 is 1.83 bits per heavy atom. The highest BCUT2D eigenvalue weighted by molar-refractivity contribution is 7.90. The highest BCUT2D eigenvalue weighted by atomic mass is 35.5. The monoisotopic (exact) mass is 700 g/mol. The molecule has 2 aliphatic heterocycles. The fourth-order valence-corrected chi connectivity index (χ4v) is 7.80. The van der Waals surface area contributed by atoms with Gasteiger partial charge in [0, 0.05) is 12.2 Å². The minimum atomic E-state index is -4.29. The van der Waals surface area contributed by atoms with Crippen molar-refractivity contribution in [3.63, 3.8) is 0 Å². The number of likely N-dealkylation sites (tertiary alicyclic amines) is 1. The van der Waals surface area contributed by atoms with Gasteiger partial charge in [-0.2, -0.15) is 4.72 Å². The van der Waals surface area contributed by atoms with E-state index in [1.165, 1.54) is 11.8 Å². The van der Waals surface area contributed by atoms with Gasteiger partial charge in [0.15, 0.2) is 0 Å². The van der Waals surface area contributed by atoms with Crippen LogP contribution in [0.3, 0.4) is 0 Å². The molecule has 4 rings (SSSR count). The molecule has 19 heteroatoms. The quantitative estimate of drug-likeness (QED) is 0.160. The molecule has 4 atom stereocenters. The number of aliphatic carboxylic acids is 2. The minimum absolute atomic E-state index is 0.00767. The maximum Gasteiger partial charge on any atom is 0.326 e. The van der Waals surface area contributed by atoms with Crippen molar-refractivity contribution in [2.45, 2.75) is 73.1 Å². The van der Waals surface area contributed by atoms with Gasteiger partial charge in [0.05, 0.1) is 29.3 Å². The van der Waals surface area contributed by atoms with Crippen molar-refractivity contribution in [2.24, 2.45) is 5.14 Å². The number of rotatable bonds is 12. The van der Waals surface area contributed by atoms with E-state index in [0.717, 1.165) is 17.7 Å². The lowest BCUT2D eigenvalue weighted by Gasteiger charge is -2.28. The van der Waals surface area contributed by atoms with E-state index in [2.05, 4.69) is 20.7 Å². The number of amides is 2. The zero-order valence-corrected chi connectivity index (χ0v) is 26.8. The van der Waals surface area contributed by atoms with Crippen LogP contribution in [0.2, 0.25) is 5.02 Å². The molecule has 2 heterocycles. The number of primary sulfonamides is 1. The van der Waals surface area contributed by atoms with Gasteiger partial charge in [-0.1, -0.05) is 23.7 Å². The normalized spacial score (nSPS) is 20.2. The second-order valence-corrected chi connectivity index (χ2v) is 14.6. The number of benzene rings is 2. The third-order valence-electron chi connectivity index (χ3n) is 7.55. The van der Waals surface area contributed by atoms with Crippen LogP contribution in [0.5, 0.6) is 0 Å². The molecule has 0 bridgehead atoms. The molecular formula is C27H33ClN6O10S2. The number of sulfonamides is 2. The van der Waals surface area contributed by atoms with Crippen LogP contribution in [0.4, 0.5) is 11.4 Å². The first kappa shape index (κ1) is 35.1. The molecule has 46 heavy (non-hydrogen) atoms. The Hall–Kier alpha value is -3.81. The Morgan fingerprint density at radius 3 is 2.43 bits per heavy atom. The van der Waals surface area contributed by atoms with Gasteiger partial charge in [0.2, 0.25) is 31.9 Å². The van der Waals surface area contributed by atoms with E-state index in [9.17, 15) is 46.2 Å². The maximum atomic E-state index is 12.8. The summed E-state index contributed by atoms with van der Waals surface area (Å²) >= 11 is 5.98. The number of halogens is 1. The fourth-order valence-electron chi connectivity index (χ4n) is 5.30. The van der Waals surface area contributed by atoms with Crippen molar-refractivity contribution >= 4 is 66.8 Å². The van der Waals surface area contributed by atoms with Crippen molar-refractivity contribution in [2.75, 3.05) is 17.2 Å². The average Bonchev–Trinajstić information content (AvgIpc) is 3.44. The summed E-state index contributed by atoms with van der Waals surface area (Å²) in [4.78, 5) is 49.1. The van der Waals surface area contributed by atoms with Crippen LogP contribution in [-0.4, -0.2) is 86.5 Å². The fraction of sp³-hybridized carbons (Fsp3) is 0.407. The summed E-state index contributed by atoms with van der Waals surface area (Å²) in [6.45, 7) is 1.79. The molecule has 0 aliphatic carbocycles. The van der Waals surface area contributed by atoms with Crippen LogP contribution in [0.1, 0.15) is 38.2 Å². The molecule has 2 aliphatic rings. The van der Waals surface area contributed by atoms with E-state index in [4.69, 9.17) is 16.7 Å². The third-order valence-corrected chi connectivity index (χ3v) is 10.4. The van der Waals surface area contributed by atoms with Gasteiger partial charge < -0.3 is 25.7 Å². The predicted molar refractivity (Wildman–Crippen MR) is 165 cm³/mol. The van der Waals surface area contributed by atoms with Crippen LogP contribution in [0, 0.1) is 0 Å². The molecular weight excluding hydrogens is 668 g/mol. The van der Waals surface area contributed by atoms with Gasteiger partial charge >= 0.3 is 11.9 Å². The number of fused-ring (bicyclic) bond motifs is 1. The zero-order valence-electron chi connectivity index (χ0n) is 24.4. The van der Waals surface area contributed by atoms with Gasteiger partial charge in [0.25, 0.3) is 0 Å². The summed E-state index contributed by atoms with van der Waals surface area (Å²) < 4.78 is 51.2. The number of nitrogens with zero attached hydrogens (tertiary/aromatic N) is 1. The number of carboxylic acids is 2. The Balaban J connectivity index is 1.31. The first-order valence-corrected chi connectivity index (χ1v) is 17.4. The van der Waals surface area contributed by atoms with E-state index in [-0.39, 0.29) is 23.6 Å². The highest BCUT2D eigenvalue weighted by Gasteiger charge is 2.37. The number of nitrogens with one attached hydrogen (secondary N) is 4. The smallest absolute Gasteiger partial charge is 0.326 e. The summed E-state index contributed by atoms with van der Waals surface area (Å²) in [6, 6.07) is 5.54. The molecule has 0 radical (unpaired) electrons. The lowest BCUT2D eigenvalue weighted by Crippen LogP contribution is -2.53. The van der Waals surface area contributed by atoms with Crippen LogP contribution in [0.25, 0.3) is 0 Å². The molecule has 0 spiro atoms. The van der Waals surface area contributed by atoms with Crippen molar-refractivity contribution in [3.8, 4) is 0 Å². The zero-order chi connectivity index (χ0) is 34.0. The van der Waals surface area contributed by atoms with E-state index in [1.54, 1.807) is 24.3 Å². The largest absolute Gasteiger partial charge is 0.480 e. The Labute approximate surface area is 269 Å². The Kier molecular flexibility index (Phi) is 10.6. The number of carbonyl (C=O) groups excluding carboxylic acids is 2. The summed E-state index contributed by atoms with van der Waals surface area (Å²) in [5.74, 6) is -3.29. The number of carboxylic acid groups (broad SMARTS) is 2. The number of carbonyl (C=O) groups is 4. The molecule has 1 fully saturated rings. The molecule has 2 amide bonds. The Bertz CT molecular complexity index is 1750. The first-order valence-electron chi connectivity index (χ1n) is 14.0. The predicted octanol–water partition coefficient (Wildman–Crippen LogP) is 0.486. The summed E-state index contributed by atoms with van der Waals surface area (Å²) in [5.41, 5.74) is 1.12. The SMILES string of the molecule is C[C@H](N[C@@H](CCc1ccc(NC(=O)CC2Nc3cc(Cl)c(S(N)(=O)=O)cc3S(=O)(=O)N2)cc1)C(=O)O)C(=O)N1CCC[C@H]1C(=O)O. The van der Waals surface area contributed by atoms with Crippen LogP contribution in [-0.2, 0) is 45.6 Å². The van der Waals surface area contributed by atoms with Gasteiger partial charge in [-0.25, -0.2) is 26.8 Å². The number of anilines is 2. The highest BCUT2D eigenvalue weighted by Crippen LogP contribution is 2.34. The Morgan fingerprint density at radius 1 is 1.15 bits per heavy atom. The molecule has 250 valence electrons. The molecule has 0 saturated carbocycles. The number of hydrogen-bond acceptors (Lipinski definition) is 10. The van der Waals surface area contributed by atoms with Crippen LogP contribution >= 0.6 is 11.6 Å². The molecule has 2 aromatic rings. The van der Waals surface area contributed by atoms with E-state index >= 15 is 0 Å². The third kappa shape index (κ3) is 8.31. The van der Waals surface area contributed by atoms with E-state index in [1.807, 2.05) is 0 Å². The van der Waals surface area contributed by atoms with Crippen LogP contribution < -0.4 is 25.8 Å². The molecule has 1 unspecified atom stereocenters. The second-order valence-electron chi connectivity index (χ2n) is 10.9. The lowest BCUT2D eigenvalue weighted by molar-refractivity contribution is -0.149. The first-order chi connectivity index (χ1) is 21.5. The van der Waals surface area contributed by atoms with Gasteiger partial charge in [0.1, 0.15) is 21.9 Å². The minimum Gasteiger partial charge on any atom is -0.480 e. The average molecular weight is 701 g/mol. The van der Waals surface area contributed by atoms with Crippen molar-refractivity contribution in [3.05, 3.63) is 47.0 Å². The standard InChI is InChI=1S/C27H33ClN6O10S2/c1-14(25(36)34-10-2-3-20(34)27(39)40)30-18(26(37)38)9-6-15-4-7-16(8-5-15)31-24(35)13-23-32-19-11-17(28)21(45(29,41)42)12-22(19)46(43,44)33-23/h4-5,7-8,11-12,14,18,20,23,30,32-33H,2-3,6,9-10,13H2,1H3,(H,31,35)(H,37,38)(H,39,40)(H2,29,41,42)/t14-,18-,20-,23?/m0/s1. The summed E-state index contributed by atoms with van der Waals surface area (Å²) in [6.07, 6.45) is -0.0900. The van der Waals surface area contributed by atoms with Gasteiger partial charge in [-0.15, -0.1) is 0 Å². The second kappa shape index (κ2) is 13.9. The van der Waals surface area contributed by atoms with E-state index in [0.29, 0.717) is 31.5 Å². The number of hydrogen-bond donors (Lipinski definition) is 7. The number of nitrogens with two attached hydrogens (primary N) is 1. The molecule has 1 saturated heterocycles. The molecule has 16 nitrogen and oxygen atoms in total. The number of aryl methyl sites for hydroxylation is 1. The van der Waals surface area contributed by atoms with Crippen LogP contribution in [0.15, 0.2) is 46.2 Å².